The van der Waals surface area contributed by atoms with Crippen molar-refractivity contribution < 1.29 is 23.7 Å². The number of aromatic nitrogens is 1. The minimum atomic E-state index is -0.361. The highest BCUT2D eigenvalue weighted by Crippen LogP contribution is 2.35. The third-order valence-corrected chi connectivity index (χ3v) is 7.33. The Morgan fingerprint density at radius 2 is 1.52 bits per heavy atom. The second kappa shape index (κ2) is 14.3. The molecule has 0 radical (unpaired) electrons. The van der Waals surface area contributed by atoms with E-state index in [9.17, 15) is 15.3 Å². The van der Waals surface area contributed by atoms with Gasteiger partial charge in [0.2, 0.25) is 0 Å². The van der Waals surface area contributed by atoms with Gasteiger partial charge in [-0.1, -0.05) is 18.2 Å². The molecule has 0 saturated heterocycles. The molecule has 4 aromatic rings. The van der Waals surface area contributed by atoms with Crippen LogP contribution in [-0.4, -0.2) is 70.2 Å². The van der Waals surface area contributed by atoms with Gasteiger partial charge in [-0.2, -0.15) is 10.5 Å². The first kappa shape index (κ1) is 30.3. The number of esters is 1. The van der Waals surface area contributed by atoms with Crippen LogP contribution in [0.15, 0.2) is 60.7 Å². The van der Waals surface area contributed by atoms with Gasteiger partial charge in [0.15, 0.2) is 0 Å². The largest absolute Gasteiger partial charge is 0.488 e. The van der Waals surface area contributed by atoms with Crippen molar-refractivity contribution in [2.24, 2.45) is 0 Å². The highest BCUT2D eigenvalue weighted by Gasteiger charge is 2.18. The summed E-state index contributed by atoms with van der Waals surface area (Å²) in [5.41, 5.74) is 5.70. The predicted molar refractivity (Wildman–Crippen MR) is 168 cm³/mol. The second-order valence-corrected chi connectivity index (χ2v) is 10.3. The highest BCUT2D eigenvalue weighted by atomic mass is 16.5. The summed E-state index contributed by atoms with van der Waals surface area (Å²) >= 11 is 0. The van der Waals surface area contributed by atoms with E-state index in [2.05, 4.69) is 17.1 Å². The Bertz CT molecular complexity index is 1700. The van der Waals surface area contributed by atoms with Crippen LogP contribution in [-0.2, 0) is 9.47 Å². The Balaban J connectivity index is 1.45. The summed E-state index contributed by atoms with van der Waals surface area (Å²) in [6, 6.07) is 23.8. The number of ether oxygens (including phenoxy) is 4. The van der Waals surface area contributed by atoms with Crippen molar-refractivity contribution in [2.75, 3.05) is 69.0 Å². The number of rotatable bonds is 5. The van der Waals surface area contributed by atoms with Crippen LogP contribution in [0.1, 0.15) is 22.8 Å². The summed E-state index contributed by atoms with van der Waals surface area (Å²) < 4.78 is 23.6. The average Bonchev–Trinajstić information content (AvgIpc) is 3.45. The number of nitrogens with one attached hydrogen (secondary N) is 1. The van der Waals surface area contributed by atoms with Gasteiger partial charge in [0.1, 0.15) is 37.8 Å². The van der Waals surface area contributed by atoms with Gasteiger partial charge in [-0.25, -0.2) is 4.79 Å². The smallest absolute Gasteiger partial charge is 0.338 e. The van der Waals surface area contributed by atoms with Gasteiger partial charge in [-0.05, 0) is 61.9 Å². The zero-order valence-corrected chi connectivity index (χ0v) is 25.0. The molecule has 3 aromatic carbocycles. The topological polar surface area (TPSA) is 124 Å². The minimum absolute atomic E-state index is 0.157. The molecular weight excluding hydrogens is 558 g/mol. The van der Waals surface area contributed by atoms with Crippen LogP contribution in [0.5, 0.6) is 11.5 Å². The van der Waals surface area contributed by atoms with E-state index in [1.807, 2.05) is 65.3 Å². The number of hydrogen-bond acceptors (Lipinski definition) is 9. The van der Waals surface area contributed by atoms with Gasteiger partial charge in [-0.15, -0.1) is 0 Å². The van der Waals surface area contributed by atoms with Gasteiger partial charge in [-0.3, -0.25) is 0 Å². The molecule has 5 rings (SSSR count). The Hall–Kier alpha value is -5.19. The molecular formula is C34H35N5O5. The SMILES string of the molecule is CCOC(=O)c1ccc2cc(-c3ccc4c(c3)OCCOc3cc(C)ccc3N(CC#N)CCOCCN4CC#N)[nH]c2c1. The molecule has 0 aliphatic carbocycles. The molecule has 1 aromatic heterocycles. The van der Waals surface area contributed by atoms with E-state index in [1.165, 1.54) is 0 Å². The molecule has 0 amide bonds. The Morgan fingerprint density at radius 3 is 2.18 bits per heavy atom. The van der Waals surface area contributed by atoms with Crippen LogP contribution >= 0.6 is 0 Å². The zero-order chi connectivity index (χ0) is 30.9. The monoisotopic (exact) mass is 593 g/mol. The average molecular weight is 594 g/mol. The number of aryl methyl sites for hydroxylation is 1. The molecule has 0 saturated carbocycles. The van der Waals surface area contributed by atoms with E-state index in [0.29, 0.717) is 50.0 Å². The lowest BCUT2D eigenvalue weighted by molar-refractivity contribution is 0.0526. The number of carbonyl (C=O) groups excluding carboxylic acids is 1. The van der Waals surface area contributed by atoms with Crippen molar-refractivity contribution in [3.63, 3.8) is 0 Å². The number of hydrogen-bond donors (Lipinski definition) is 1. The van der Waals surface area contributed by atoms with Crippen molar-refractivity contribution in [3.05, 3.63) is 71.8 Å². The number of carbonyl (C=O) groups is 1. The molecule has 10 nitrogen and oxygen atoms in total. The molecule has 0 fully saturated rings. The van der Waals surface area contributed by atoms with Crippen molar-refractivity contribution in [3.8, 4) is 34.9 Å². The number of anilines is 2. The van der Waals surface area contributed by atoms with E-state index >= 15 is 0 Å². The Kier molecular flexibility index (Phi) is 9.85. The van der Waals surface area contributed by atoms with Gasteiger partial charge >= 0.3 is 5.97 Å². The normalized spacial score (nSPS) is 14.1. The summed E-state index contributed by atoms with van der Waals surface area (Å²) in [7, 11) is 0. The fourth-order valence-electron chi connectivity index (χ4n) is 5.18. The third kappa shape index (κ3) is 7.05. The third-order valence-electron chi connectivity index (χ3n) is 7.33. The van der Waals surface area contributed by atoms with Crippen molar-refractivity contribution >= 4 is 28.2 Å². The lowest BCUT2D eigenvalue weighted by Crippen LogP contribution is -2.31. The molecule has 226 valence electrons. The maximum atomic E-state index is 12.2. The van der Waals surface area contributed by atoms with Crippen LogP contribution in [0, 0.1) is 29.6 Å². The van der Waals surface area contributed by atoms with Gasteiger partial charge in [0.25, 0.3) is 0 Å². The van der Waals surface area contributed by atoms with Gasteiger partial charge < -0.3 is 33.7 Å². The van der Waals surface area contributed by atoms with E-state index in [0.717, 1.165) is 39.1 Å². The summed E-state index contributed by atoms with van der Waals surface area (Å²) in [5, 5.41) is 20.0. The molecule has 1 aliphatic heterocycles. The molecule has 0 unspecified atom stereocenters. The predicted octanol–water partition coefficient (Wildman–Crippen LogP) is 5.47. The first-order chi connectivity index (χ1) is 21.5. The number of nitriles is 2. The van der Waals surface area contributed by atoms with Crippen LogP contribution in [0.25, 0.3) is 22.2 Å². The summed E-state index contributed by atoms with van der Waals surface area (Å²) in [4.78, 5) is 19.5. The molecule has 0 atom stereocenters. The van der Waals surface area contributed by atoms with E-state index in [1.54, 1.807) is 19.1 Å². The fraction of sp³-hybridized carbons (Fsp3) is 0.324. The standard InChI is InChI=1S/C34H35N5O5/c1-3-42-34(40)27-6-5-25-21-28(37-29(25)22-27)26-7-9-31-33(23-26)44-19-18-43-32-20-24(2)4-8-30(32)38(12-10-35)14-16-41-17-15-39(31)13-11-36/h4-9,20-23,37H,3,12-19H2,1-2H3. The number of aromatic amines is 1. The molecule has 1 aliphatic rings. The summed E-state index contributed by atoms with van der Waals surface area (Å²) in [6.45, 7) is 6.79. The van der Waals surface area contributed by atoms with Crippen LogP contribution in [0.4, 0.5) is 11.4 Å². The van der Waals surface area contributed by atoms with E-state index in [4.69, 9.17) is 18.9 Å². The molecule has 2 heterocycles. The van der Waals surface area contributed by atoms with Gasteiger partial charge in [0, 0.05) is 35.2 Å². The number of H-pyrrole nitrogens is 1. The first-order valence-corrected chi connectivity index (χ1v) is 14.6. The zero-order valence-electron chi connectivity index (χ0n) is 25.0. The molecule has 1 N–H and O–H groups in total. The molecule has 44 heavy (non-hydrogen) atoms. The molecule has 0 spiro atoms. The maximum absolute atomic E-state index is 12.2. The lowest BCUT2D eigenvalue weighted by atomic mass is 10.1. The van der Waals surface area contributed by atoms with Crippen molar-refractivity contribution in [1.82, 2.24) is 4.98 Å². The number of benzene rings is 3. The number of fused-ring (bicyclic) bond motifs is 3. The molecule has 0 bridgehead atoms. The van der Waals surface area contributed by atoms with E-state index in [-0.39, 0.29) is 32.3 Å². The highest BCUT2D eigenvalue weighted by molar-refractivity contribution is 5.96. The van der Waals surface area contributed by atoms with Crippen molar-refractivity contribution in [2.45, 2.75) is 13.8 Å². The van der Waals surface area contributed by atoms with Crippen molar-refractivity contribution in [1.29, 1.82) is 10.5 Å². The van der Waals surface area contributed by atoms with Crippen LogP contribution in [0.2, 0.25) is 0 Å². The second-order valence-electron chi connectivity index (χ2n) is 10.3. The van der Waals surface area contributed by atoms with Crippen LogP contribution in [0.3, 0.4) is 0 Å². The number of nitrogens with zero attached hydrogens (tertiary/aromatic N) is 4. The lowest BCUT2D eigenvalue weighted by Gasteiger charge is -2.25. The summed E-state index contributed by atoms with van der Waals surface area (Å²) in [5.74, 6) is 0.928. The Labute approximate surface area is 256 Å². The van der Waals surface area contributed by atoms with Crippen LogP contribution < -0.4 is 19.3 Å². The fourth-order valence-corrected chi connectivity index (χ4v) is 5.18. The molecule has 10 heteroatoms. The minimum Gasteiger partial charge on any atom is -0.488 e. The first-order valence-electron chi connectivity index (χ1n) is 14.6. The van der Waals surface area contributed by atoms with E-state index < -0.39 is 0 Å². The quantitative estimate of drug-likeness (QED) is 0.237. The Morgan fingerprint density at radius 1 is 0.864 bits per heavy atom. The summed E-state index contributed by atoms with van der Waals surface area (Å²) in [6.07, 6.45) is 0. The van der Waals surface area contributed by atoms with Gasteiger partial charge in [0.05, 0.1) is 48.9 Å². The maximum Gasteiger partial charge on any atom is 0.338 e.